The lowest BCUT2D eigenvalue weighted by Gasteiger charge is -2.22. The molecule has 0 aliphatic carbocycles. The standard InChI is InChI=1S/C18H20N2O2/c1-13(15-9-7-14(11-19)8-10-15)20-12-17(22-18(20)21)16-5-3-2-4-6-16/h2-10,13,17H,11-12,19H2,1H3. The fourth-order valence-electron chi connectivity index (χ4n) is 2.75. The lowest BCUT2D eigenvalue weighted by Crippen LogP contribution is -2.27. The molecule has 1 saturated heterocycles. The molecule has 0 aromatic heterocycles. The zero-order valence-corrected chi connectivity index (χ0v) is 12.6. The SMILES string of the molecule is CC(c1ccc(CN)cc1)N1CC(c2ccccc2)OC1=O. The second-order valence-corrected chi connectivity index (χ2v) is 5.56. The van der Waals surface area contributed by atoms with Crippen molar-refractivity contribution in [1.29, 1.82) is 0 Å². The number of amides is 1. The number of hydrogen-bond donors (Lipinski definition) is 1. The van der Waals surface area contributed by atoms with Gasteiger partial charge < -0.3 is 10.5 Å². The minimum Gasteiger partial charge on any atom is -0.439 e. The molecule has 1 amide bonds. The van der Waals surface area contributed by atoms with Crippen LogP contribution in [0.2, 0.25) is 0 Å². The maximum atomic E-state index is 12.2. The van der Waals surface area contributed by atoms with Crippen molar-refractivity contribution >= 4 is 6.09 Å². The van der Waals surface area contributed by atoms with Gasteiger partial charge in [-0.3, -0.25) is 4.90 Å². The number of carbonyl (C=O) groups excluding carboxylic acids is 1. The van der Waals surface area contributed by atoms with Gasteiger partial charge in [0.15, 0.2) is 0 Å². The molecule has 2 N–H and O–H groups in total. The lowest BCUT2D eigenvalue weighted by molar-refractivity contribution is 0.129. The number of ether oxygens (including phenoxy) is 1. The summed E-state index contributed by atoms with van der Waals surface area (Å²) in [6, 6.07) is 17.9. The average Bonchev–Trinajstić information content (AvgIpc) is 2.97. The summed E-state index contributed by atoms with van der Waals surface area (Å²) < 4.78 is 5.51. The van der Waals surface area contributed by atoms with Crippen LogP contribution in [0.3, 0.4) is 0 Å². The van der Waals surface area contributed by atoms with Crippen LogP contribution in [0.1, 0.15) is 35.8 Å². The van der Waals surface area contributed by atoms with Gasteiger partial charge >= 0.3 is 6.09 Å². The Morgan fingerprint density at radius 1 is 1.18 bits per heavy atom. The maximum absolute atomic E-state index is 12.2. The molecule has 2 unspecified atom stereocenters. The molecule has 1 fully saturated rings. The highest BCUT2D eigenvalue weighted by Gasteiger charge is 2.35. The van der Waals surface area contributed by atoms with Crippen LogP contribution in [-0.4, -0.2) is 17.5 Å². The maximum Gasteiger partial charge on any atom is 0.411 e. The molecule has 1 aliphatic rings. The molecule has 1 heterocycles. The number of nitrogens with zero attached hydrogens (tertiary/aromatic N) is 1. The highest BCUT2D eigenvalue weighted by molar-refractivity contribution is 5.71. The van der Waals surface area contributed by atoms with E-state index in [0.29, 0.717) is 13.1 Å². The summed E-state index contributed by atoms with van der Waals surface area (Å²) in [5.74, 6) is 0. The van der Waals surface area contributed by atoms with Crippen LogP contribution in [0.15, 0.2) is 54.6 Å². The van der Waals surface area contributed by atoms with E-state index in [0.717, 1.165) is 16.7 Å². The second-order valence-electron chi connectivity index (χ2n) is 5.56. The number of cyclic esters (lactones) is 1. The molecular weight excluding hydrogens is 276 g/mol. The molecule has 0 saturated carbocycles. The summed E-state index contributed by atoms with van der Waals surface area (Å²) in [4.78, 5) is 14.0. The van der Waals surface area contributed by atoms with E-state index in [2.05, 4.69) is 0 Å². The zero-order chi connectivity index (χ0) is 15.5. The lowest BCUT2D eigenvalue weighted by atomic mass is 10.0. The van der Waals surface area contributed by atoms with Gasteiger partial charge in [0, 0.05) is 6.54 Å². The Bertz CT molecular complexity index is 640. The topological polar surface area (TPSA) is 55.6 Å². The van der Waals surface area contributed by atoms with Gasteiger partial charge in [0.1, 0.15) is 6.10 Å². The van der Waals surface area contributed by atoms with E-state index in [1.807, 2.05) is 61.5 Å². The predicted molar refractivity (Wildman–Crippen MR) is 85.1 cm³/mol. The molecular formula is C18H20N2O2. The second kappa shape index (κ2) is 6.20. The van der Waals surface area contributed by atoms with Crippen molar-refractivity contribution in [2.75, 3.05) is 6.54 Å². The van der Waals surface area contributed by atoms with Crippen LogP contribution in [0.25, 0.3) is 0 Å². The average molecular weight is 296 g/mol. The number of rotatable bonds is 4. The van der Waals surface area contributed by atoms with Gasteiger partial charge in [-0.05, 0) is 23.6 Å². The first kappa shape index (κ1) is 14.6. The molecule has 0 radical (unpaired) electrons. The Morgan fingerprint density at radius 3 is 2.50 bits per heavy atom. The summed E-state index contributed by atoms with van der Waals surface area (Å²) in [5.41, 5.74) is 8.82. The van der Waals surface area contributed by atoms with Gasteiger partial charge in [-0.25, -0.2) is 4.79 Å². The summed E-state index contributed by atoms with van der Waals surface area (Å²) >= 11 is 0. The Morgan fingerprint density at radius 2 is 1.86 bits per heavy atom. The highest BCUT2D eigenvalue weighted by atomic mass is 16.6. The van der Waals surface area contributed by atoms with Crippen molar-refractivity contribution in [3.05, 3.63) is 71.3 Å². The largest absolute Gasteiger partial charge is 0.439 e. The number of benzene rings is 2. The molecule has 4 nitrogen and oxygen atoms in total. The predicted octanol–water partition coefficient (Wildman–Crippen LogP) is 3.40. The van der Waals surface area contributed by atoms with Crippen molar-refractivity contribution in [2.45, 2.75) is 25.6 Å². The van der Waals surface area contributed by atoms with Crippen molar-refractivity contribution in [1.82, 2.24) is 4.90 Å². The molecule has 2 atom stereocenters. The molecule has 2 aromatic rings. The molecule has 1 aliphatic heterocycles. The van der Waals surface area contributed by atoms with Gasteiger partial charge in [0.2, 0.25) is 0 Å². The minimum atomic E-state index is -0.260. The van der Waals surface area contributed by atoms with Gasteiger partial charge in [0.25, 0.3) is 0 Å². The summed E-state index contributed by atoms with van der Waals surface area (Å²) in [6.45, 7) is 3.12. The van der Waals surface area contributed by atoms with E-state index < -0.39 is 0 Å². The van der Waals surface area contributed by atoms with Gasteiger partial charge in [-0.1, -0.05) is 54.6 Å². The fourth-order valence-corrected chi connectivity index (χ4v) is 2.75. The smallest absolute Gasteiger partial charge is 0.411 e. The van der Waals surface area contributed by atoms with Gasteiger partial charge in [-0.2, -0.15) is 0 Å². The van der Waals surface area contributed by atoms with Crippen LogP contribution in [0, 0.1) is 0 Å². The zero-order valence-electron chi connectivity index (χ0n) is 12.6. The first-order valence-corrected chi connectivity index (χ1v) is 7.50. The highest BCUT2D eigenvalue weighted by Crippen LogP contribution is 2.32. The monoisotopic (exact) mass is 296 g/mol. The number of nitrogens with two attached hydrogens (primary N) is 1. The Kier molecular flexibility index (Phi) is 4.11. The normalized spacial score (nSPS) is 19.1. The summed E-state index contributed by atoms with van der Waals surface area (Å²) in [6.07, 6.45) is -0.455. The van der Waals surface area contributed by atoms with Crippen LogP contribution < -0.4 is 5.73 Å². The Balaban J connectivity index is 1.75. The van der Waals surface area contributed by atoms with Crippen molar-refractivity contribution < 1.29 is 9.53 Å². The van der Waals surface area contributed by atoms with E-state index in [-0.39, 0.29) is 18.2 Å². The van der Waals surface area contributed by atoms with E-state index in [1.165, 1.54) is 0 Å². The van der Waals surface area contributed by atoms with Crippen molar-refractivity contribution in [2.24, 2.45) is 5.73 Å². The molecule has 4 heteroatoms. The summed E-state index contributed by atoms with van der Waals surface area (Å²) in [7, 11) is 0. The first-order valence-electron chi connectivity index (χ1n) is 7.50. The fraction of sp³-hybridized carbons (Fsp3) is 0.278. The Labute approximate surface area is 130 Å². The van der Waals surface area contributed by atoms with Crippen LogP contribution in [-0.2, 0) is 11.3 Å². The van der Waals surface area contributed by atoms with E-state index in [1.54, 1.807) is 4.90 Å². The summed E-state index contributed by atoms with van der Waals surface area (Å²) in [5, 5.41) is 0. The van der Waals surface area contributed by atoms with Gasteiger partial charge in [0.05, 0.1) is 12.6 Å². The molecule has 22 heavy (non-hydrogen) atoms. The minimum absolute atomic E-state index is 0.0203. The van der Waals surface area contributed by atoms with Crippen molar-refractivity contribution in [3.63, 3.8) is 0 Å². The van der Waals surface area contributed by atoms with Gasteiger partial charge in [-0.15, -0.1) is 0 Å². The van der Waals surface area contributed by atoms with E-state index in [9.17, 15) is 4.79 Å². The van der Waals surface area contributed by atoms with E-state index >= 15 is 0 Å². The third-order valence-electron chi connectivity index (χ3n) is 4.18. The first-order chi connectivity index (χ1) is 10.7. The molecule has 2 aromatic carbocycles. The quantitative estimate of drug-likeness (QED) is 0.940. The Hall–Kier alpha value is -2.33. The van der Waals surface area contributed by atoms with E-state index in [4.69, 9.17) is 10.5 Å². The number of hydrogen-bond acceptors (Lipinski definition) is 3. The third-order valence-corrected chi connectivity index (χ3v) is 4.18. The van der Waals surface area contributed by atoms with Crippen LogP contribution in [0.4, 0.5) is 4.79 Å². The number of carbonyl (C=O) groups is 1. The molecule has 0 spiro atoms. The van der Waals surface area contributed by atoms with Crippen molar-refractivity contribution in [3.8, 4) is 0 Å². The molecule has 3 rings (SSSR count). The van der Waals surface area contributed by atoms with Crippen LogP contribution >= 0.6 is 0 Å². The third kappa shape index (κ3) is 2.83. The van der Waals surface area contributed by atoms with Crippen LogP contribution in [0.5, 0.6) is 0 Å². The molecule has 114 valence electrons. The molecule has 0 bridgehead atoms.